The lowest BCUT2D eigenvalue weighted by Gasteiger charge is -2.26. The van der Waals surface area contributed by atoms with Gasteiger partial charge in [-0.25, -0.2) is 4.79 Å². The Hall–Kier alpha value is -3.93. The summed E-state index contributed by atoms with van der Waals surface area (Å²) in [6, 6.07) is 2.80. The average Bonchev–Trinajstić information content (AvgIpc) is 3.31. The molecule has 12 heteroatoms. The van der Waals surface area contributed by atoms with Crippen LogP contribution in [0.5, 0.6) is 0 Å². The summed E-state index contributed by atoms with van der Waals surface area (Å²) in [5.41, 5.74) is 7.53. The molecule has 2 aromatic rings. The largest absolute Gasteiger partial charge is 0.481 e. The fourth-order valence-electron chi connectivity index (χ4n) is 4.28. The number of carboxylic acid groups (broad SMARTS) is 2. The molecule has 220 valence electrons. The van der Waals surface area contributed by atoms with Crippen LogP contribution >= 0.6 is 0 Å². The SMILES string of the molecule is CCC(C)C(N)C(=O)NC(CCC(=O)O)C(=O)NC(Cc1c[nH]c2ccccc12)C(=O)NC(CC(C)C)C(=O)O. The zero-order valence-corrected chi connectivity index (χ0v) is 23.4. The van der Waals surface area contributed by atoms with Gasteiger partial charge < -0.3 is 36.9 Å². The fraction of sp³-hybridized carbons (Fsp3) is 0.536. The molecule has 0 fully saturated rings. The number of fused-ring (bicyclic) bond motifs is 1. The highest BCUT2D eigenvalue weighted by atomic mass is 16.4. The minimum absolute atomic E-state index is 0.0155. The van der Waals surface area contributed by atoms with Crippen LogP contribution in [0.2, 0.25) is 0 Å². The number of carboxylic acids is 2. The number of aromatic nitrogens is 1. The van der Waals surface area contributed by atoms with Gasteiger partial charge in [-0.1, -0.05) is 52.3 Å². The van der Waals surface area contributed by atoms with E-state index in [0.29, 0.717) is 12.0 Å². The van der Waals surface area contributed by atoms with Crippen LogP contribution in [0, 0.1) is 11.8 Å². The van der Waals surface area contributed by atoms with Crippen LogP contribution in [0.1, 0.15) is 58.9 Å². The molecule has 3 amide bonds. The third-order valence-electron chi connectivity index (χ3n) is 6.89. The Balaban J connectivity index is 2.35. The monoisotopic (exact) mass is 559 g/mol. The van der Waals surface area contributed by atoms with Crippen molar-refractivity contribution in [2.75, 3.05) is 0 Å². The van der Waals surface area contributed by atoms with Crippen molar-refractivity contribution in [1.29, 1.82) is 0 Å². The van der Waals surface area contributed by atoms with Gasteiger partial charge >= 0.3 is 11.9 Å². The predicted octanol–water partition coefficient (Wildman–Crippen LogP) is 1.53. The molecule has 5 unspecified atom stereocenters. The van der Waals surface area contributed by atoms with Gasteiger partial charge in [-0.2, -0.15) is 0 Å². The van der Waals surface area contributed by atoms with Crippen molar-refractivity contribution in [3.8, 4) is 0 Å². The first-order valence-corrected chi connectivity index (χ1v) is 13.5. The molecule has 0 aliphatic rings. The minimum Gasteiger partial charge on any atom is -0.481 e. The van der Waals surface area contributed by atoms with E-state index >= 15 is 0 Å². The highest BCUT2D eigenvalue weighted by Crippen LogP contribution is 2.19. The molecule has 8 N–H and O–H groups in total. The smallest absolute Gasteiger partial charge is 0.326 e. The molecule has 0 aliphatic carbocycles. The Bertz CT molecular complexity index is 1190. The van der Waals surface area contributed by atoms with E-state index < -0.39 is 60.2 Å². The maximum atomic E-state index is 13.4. The van der Waals surface area contributed by atoms with E-state index in [1.807, 2.05) is 45.0 Å². The third-order valence-corrected chi connectivity index (χ3v) is 6.89. The number of amides is 3. The Morgan fingerprint density at radius 2 is 1.50 bits per heavy atom. The van der Waals surface area contributed by atoms with E-state index in [1.165, 1.54) is 0 Å². The lowest BCUT2D eigenvalue weighted by atomic mass is 9.98. The zero-order valence-electron chi connectivity index (χ0n) is 23.4. The minimum atomic E-state index is -1.28. The third kappa shape index (κ3) is 9.37. The Morgan fingerprint density at radius 3 is 2.10 bits per heavy atom. The number of rotatable bonds is 16. The number of hydrogen-bond acceptors (Lipinski definition) is 6. The van der Waals surface area contributed by atoms with Crippen molar-refractivity contribution in [3.05, 3.63) is 36.0 Å². The van der Waals surface area contributed by atoms with Gasteiger partial charge in [-0.15, -0.1) is 0 Å². The molecule has 40 heavy (non-hydrogen) atoms. The first-order chi connectivity index (χ1) is 18.8. The second-order valence-corrected chi connectivity index (χ2v) is 10.6. The molecule has 1 heterocycles. The molecule has 1 aromatic carbocycles. The summed E-state index contributed by atoms with van der Waals surface area (Å²) in [7, 11) is 0. The topological polar surface area (TPSA) is 204 Å². The summed E-state index contributed by atoms with van der Waals surface area (Å²) < 4.78 is 0. The standard InChI is InChI=1S/C28H41N5O7/c1-5-16(4)24(29)27(38)31-20(10-11-23(34)35)25(36)32-21(26(37)33-22(28(39)40)12-15(2)3)13-17-14-30-19-9-7-6-8-18(17)19/h6-9,14-16,20-22,24,30H,5,10-13,29H2,1-4H3,(H,31,38)(H,32,36)(H,33,37)(H,34,35)(H,39,40). The van der Waals surface area contributed by atoms with E-state index in [9.17, 15) is 34.2 Å². The second kappa shape index (κ2) is 15.0. The number of benzene rings is 1. The molecular weight excluding hydrogens is 518 g/mol. The van der Waals surface area contributed by atoms with Crippen LogP contribution < -0.4 is 21.7 Å². The van der Waals surface area contributed by atoms with Crippen molar-refractivity contribution in [1.82, 2.24) is 20.9 Å². The molecule has 0 aliphatic heterocycles. The highest BCUT2D eigenvalue weighted by molar-refractivity contribution is 5.95. The second-order valence-electron chi connectivity index (χ2n) is 10.6. The number of aliphatic carboxylic acids is 2. The summed E-state index contributed by atoms with van der Waals surface area (Å²) in [5.74, 6) is -4.67. The molecule has 0 saturated heterocycles. The van der Waals surface area contributed by atoms with Gasteiger partial charge in [0.2, 0.25) is 17.7 Å². The maximum Gasteiger partial charge on any atom is 0.326 e. The molecule has 1 aromatic heterocycles. The molecule has 0 radical (unpaired) electrons. The number of para-hydroxylation sites is 1. The zero-order chi connectivity index (χ0) is 30.0. The fourth-order valence-corrected chi connectivity index (χ4v) is 4.28. The number of hydrogen-bond donors (Lipinski definition) is 7. The summed E-state index contributed by atoms with van der Waals surface area (Å²) >= 11 is 0. The Kier molecular flexibility index (Phi) is 12.1. The van der Waals surface area contributed by atoms with Gasteiger partial charge in [0.25, 0.3) is 0 Å². The summed E-state index contributed by atoms with van der Waals surface area (Å²) in [6.07, 6.45) is 1.88. The number of carbonyl (C=O) groups is 5. The lowest BCUT2D eigenvalue weighted by Crippen LogP contribution is -2.58. The van der Waals surface area contributed by atoms with Gasteiger partial charge in [0.15, 0.2) is 0 Å². The van der Waals surface area contributed by atoms with Crippen LogP contribution in [0.15, 0.2) is 30.5 Å². The quantitative estimate of drug-likeness (QED) is 0.160. The molecular formula is C28H41N5O7. The van der Waals surface area contributed by atoms with Crippen LogP contribution in [-0.4, -0.2) is 69.0 Å². The van der Waals surface area contributed by atoms with Crippen molar-refractivity contribution >= 4 is 40.6 Å². The van der Waals surface area contributed by atoms with E-state index in [4.69, 9.17) is 5.73 Å². The number of H-pyrrole nitrogens is 1. The number of carbonyl (C=O) groups excluding carboxylic acids is 3. The molecule has 5 atom stereocenters. The van der Waals surface area contributed by atoms with Gasteiger partial charge in [-0.05, 0) is 36.3 Å². The molecule has 0 bridgehead atoms. The highest BCUT2D eigenvalue weighted by Gasteiger charge is 2.32. The van der Waals surface area contributed by atoms with Crippen LogP contribution in [-0.2, 0) is 30.4 Å². The van der Waals surface area contributed by atoms with E-state index in [2.05, 4.69) is 20.9 Å². The maximum absolute atomic E-state index is 13.4. The summed E-state index contributed by atoms with van der Waals surface area (Å²) in [5, 5.41) is 27.3. The summed E-state index contributed by atoms with van der Waals surface area (Å²) in [4.78, 5) is 65.7. The van der Waals surface area contributed by atoms with Crippen molar-refractivity contribution < 1.29 is 34.2 Å². The Morgan fingerprint density at radius 1 is 0.900 bits per heavy atom. The lowest BCUT2D eigenvalue weighted by molar-refractivity contribution is -0.142. The first kappa shape index (κ1) is 32.3. The molecule has 12 nitrogen and oxygen atoms in total. The normalized spacial score (nSPS) is 15.1. The van der Waals surface area contributed by atoms with Gasteiger partial charge in [0.05, 0.1) is 6.04 Å². The van der Waals surface area contributed by atoms with Crippen LogP contribution in [0.4, 0.5) is 0 Å². The van der Waals surface area contributed by atoms with Gasteiger partial charge in [0.1, 0.15) is 18.1 Å². The van der Waals surface area contributed by atoms with E-state index in [-0.39, 0.29) is 31.1 Å². The van der Waals surface area contributed by atoms with Gasteiger partial charge in [-0.3, -0.25) is 19.2 Å². The van der Waals surface area contributed by atoms with E-state index in [0.717, 1.165) is 10.9 Å². The molecule has 0 saturated carbocycles. The number of aromatic amines is 1. The van der Waals surface area contributed by atoms with E-state index in [1.54, 1.807) is 13.1 Å². The number of nitrogens with one attached hydrogen (secondary N) is 4. The van der Waals surface area contributed by atoms with Crippen molar-refractivity contribution in [2.45, 2.75) is 84.0 Å². The van der Waals surface area contributed by atoms with Crippen molar-refractivity contribution in [3.63, 3.8) is 0 Å². The van der Waals surface area contributed by atoms with Crippen LogP contribution in [0.3, 0.4) is 0 Å². The average molecular weight is 560 g/mol. The molecule has 2 rings (SSSR count). The predicted molar refractivity (Wildman–Crippen MR) is 149 cm³/mol. The summed E-state index contributed by atoms with van der Waals surface area (Å²) in [6.45, 7) is 7.30. The molecule has 0 spiro atoms. The van der Waals surface area contributed by atoms with Gasteiger partial charge in [0, 0.05) is 29.9 Å². The first-order valence-electron chi connectivity index (χ1n) is 13.5. The van der Waals surface area contributed by atoms with Crippen LogP contribution in [0.25, 0.3) is 10.9 Å². The Labute approximate surface area is 233 Å². The number of nitrogens with two attached hydrogens (primary N) is 1. The van der Waals surface area contributed by atoms with Crippen molar-refractivity contribution in [2.24, 2.45) is 17.6 Å².